The van der Waals surface area contributed by atoms with Crippen LogP contribution < -0.4 is 14.8 Å². The molecule has 1 heterocycles. The topological polar surface area (TPSA) is 67.9 Å². The van der Waals surface area contributed by atoms with Gasteiger partial charge in [-0.1, -0.05) is 61.5 Å². The van der Waals surface area contributed by atoms with Crippen LogP contribution in [0.3, 0.4) is 0 Å². The third-order valence-electron chi connectivity index (χ3n) is 6.35. The molecule has 37 heavy (non-hydrogen) atoms. The fraction of sp³-hybridized carbons (Fsp3) is 0.333. The molecule has 1 aliphatic rings. The maximum atomic E-state index is 14.7. The van der Waals surface area contributed by atoms with Gasteiger partial charge < -0.3 is 19.7 Å². The summed E-state index contributed by atoms with van der Waals surface area (Å²) in [5, 5.41) is 2.94. The maximum absolute atomic E-state index is 14.7. The van der Waals surface area contributed by atoms with Gasteiger partial charge >= 0.3 is 0 Å². The smallest absolute Gasteiger partial charge is 0.243 e. The first-order valence-electron chi connectivity index (χ1n) is 12.8. The number of ether oxygens (including phenoxy) is 2. The van der Waals surface area contributed by atoms with E-state index in [-0.39, 0.29) is 24.8 Å². The van der Waals surface area contributed by atoms with Crippen LogP contribution in [0.1, 0.15) is 36.5 Å². The van der Waals surface area contributed by atoms with Crippen molar-refractivity contribution in [1.82, 2.24) is 10.2 Å². The minimum atomic E-state index is -0.777. The zero-order valence-corrected chi connectivity index (χ0v) is 21.1. The summed E-state index contributed by atoms with van der Waals surface area (Å²) < 4.78 is 25.9. The van der Waals surface area contributed by atoms with E-state index >= 15 is 0 Å². The van der Waals surface area contributed by atoms with E-state index in [1.165, 1.54) is 11.0 Å². The number of benzene rings is 3. The Morgan fingerprint density at radius 1 is 0.946 bits per heavy atom. The van der Waals surface area contributed by atoms with E-state index in [0.29, 0.717) is 49.7 Å². The first-order chi connectivity index (χ1) is 18.0. The van der Waals surface area contributed by atoms with Crippen molar-refractivity contribution in [2.24, 2.45) is 0 Å². The lowest BCUT2D eigenvalue weighted by Crippen LogP contribution is -2.50. The van der Waals surface area contributed by atoms with E-state index < -0.39 is 11.9 Å². The van der Waals surface area contributed by atoms with Gasteiger partial charge in [0.1, 0.15) is 25.1 Å². The molecule has 0 radical (unpaired) electrons. The highest BCUT2D eigenvalue weighted by Crippen LogP contribution is 2.31. The zero-order valence-electron chi connectivity index (χ0n) is 21.1. The molecule has 0 fully saturated rings. The molecule has 3 aromatic carbocycles. The molecule has 7 heteroatoms. The summed E-state index contributed by atoms with van der Waals surface area (Å²) in [7, 11) is 0. The second-order valence-corrected chi connectivity index (χ2v) is 9.09. The number of nitrogens with zero attached hydrogens (tertiary/aromatic N) is 1. The van der Waals surface area contributed by atoms with Crippen molar-refractivity contribution < 1.29 is 23.5 Å². The fourth-order valence-corrected chi connectivity index (χ4v) is 4.37. The van der Waals surface area contributed by atoms with Crippen molar-refractivity contribution >= 4 is 11.8 Å². The van der Waals surface area contributed by atoms with Crippen LogP contribution in [0.5, 0.6) is 11.5 Å². The van der Waals surface area contributed by atoms with Gasteiger partial charge in [-0.05, 0) is 42.2 Å². The number of carbonyl (C=O) groups is 2. The molecule has 4 rings (SSSR count). The molecular formula is C30H33FN2O4. The Morgan fingerprint density at radius 3 is 2.43 bits per heavy atom. The Hall–Kier alpha value is -3.87. The Labute approximate surface area is 217 Å². The monoisotopic (exact) mass is 504 g/mol. The first-order valence-corrected chi connectivity index (χ1v) is 12.8. The quantitative estimate of drug-likeness (QED) is 0.411. The lowest BCUT2D eigenvalue weighted by molar-refractivity contribution is -0.141. The van der Waals surface area contributed by atoms with E-state index in [9.17, 15) is 14.0 Å². The molecule has 1 aliphatic heterocycles. The molecule has 1 N–H and O–H groups in total. The minimum Gasteiger partial charge on any atom is -0.486 e. The summed E-state index contributed by atoms with van der Waals surface area (Å²) in [6.45, 7) is 3.48. The molecule has 6 nitrogen and oxygen atoms in total. The van der Waals surface area contributed by atoms with Gasteiger partial charge in [-0.3, -0.25) is 9.59 Å². The van der Waals surface area contributed by atoms with Gasteiger partial charge in [-0.2, -0.15) is 0 Å². The predicted octanol–water partition coefficient (Wildman–Crippen LogP) is 4.70. The lowest BCUT2D eigenvalue weighted by atomic mass is 10.0. The van der Waals surface area contributed by atoms with Crippen molar-refractivity contribution in [3.05, 3.63) is 95.3 Å². The summed E-state index contributed by atoms with van der Waals surface area (Å²) in [4.78, 5) is 28.6. The van der Waals surface area contributed by atoms with Crippen LogP contribution in [0.15, 0.2) is 72.8 Å². The maximum Gasteiger partial charge on any atom is 0.243 e. The summed E-state index contributed by atoms with van der Waals surface area (Å²) in [6.07, 6.45) is 1.73. The molecule has 2 amide bonds. The second-order valence-electron chi connectivity index (χ2n) is 9.09. The van der Waals surface area contributed by atoms with Crippen molar-refractivity contribution in [1.29, 1.82) is 0 Å². The highest BCUT2D eigenvalue weighted by molar-refractivity contribution is 5.88. The Kier molecular flexibility index (Phi) is 9.13. The lowest BCUT2D eigenvalue weighted by Gasteiger charge is -2.32. The number of amides is 2. The van der Waals surface area contributed by atoms with Crippen LogP contribution in [-0.4, -0.2) is 42.5 Å². The number of fused-ring (bicyclic) bond motifs is 1. The Balaban J connectivity index is 1.59. The molecule has 0 bridgehead atoms. The molecule has 194 valence electrons. The van der Waals surface area contributed by atoms with Gasteiger partial charge in [-0.25, -0.2) is 4.39 Å². The highest BCUT2D eigenvalue weighted by Gasteiger charge is 2.30. The number of halogens is 1. The van der Waals surface area contributed by atoms with Gasteiger partial charge in [0.05, 0.1) is 0 Å². The molecule has 0 spiro atoms. The van der Waals surface area contributed by atoms with Gasteiger partial charge in [0, 0.05) is 31.5 Å². The number of aryl methyl sites for hydroxylation is 1. The third kappa shape index (κ3) is 7.09. The van der Waals surface area contributed by atoms with E-state index in [1.54, 1.807) is 18.2 Å². The predicted molar refractivity (Wildman–Crippen MR) is 140 cm³/mol. The first kappa shape index (κ1) is 26.2. The minimum absolute atomic E-state index is 0.00366. The van der Waals surface area contributed by atoms with Crippen molar-refractivity contribution in [3.8, 4) is 11.5 Å². The van der Waals surface area contributed by atoms with E-state index in [1.807, 2.05) is 55.5 Å². The average molecular weight is 505 g/mol. The van der Waals surface area contributed by atoms with Crippen molar-refractivity contribution in [2.75, 3.05) is 19.8 Å². The number of nitrogens with one attached hydrogen (secondary N) is 1. The van der Waals surface area contributed by atoms with Crippen molar-refractivity contribution in [2.45, 2.75) is 45.2 Å². The molecule has 3 aromatic rings. The van der Waals surface area contributed by atoms with Crippen LogP contribution in [0.2, 0.25) is 0 Å². The molecule has 0 saturated heterocycles. The summed E-state index contributed by atoms with van der Waals surface area (Å²) >= 11 is 0. The van der Waals surface area contributed by atoms with Gasteiger partial charge in [0.15, 0.2) is 11.5 Å². The molecule has 0 saturated carbocycles. The summed E-state index contributed by atoms with van der Waals surface area (Å²) in [5.41, 5.74) is 2.23. The third-order valence-corrected chi connectivity index (χ3v) is 6.35. The van der Waals surface area contributed by atoms with E-state index in [2.05, 4.69) is 5.32 Å². The standard InChI is InChI=1S/C30H33FN2O4/c1-2-16-32-30(35)26(19-22-8-4-3-5-9-22)33(21-24-10-6-7-11-25(24)31)29(34)15-13-23-12-14-27-28(20-23)37-18-17-36-27/h3-12,14,20,26H,2,13,15-19,21H2,1H3,(H,32,35). The van der Waals surface area contributed by atoms with Crippen LogP contribution in [0, 0.1) is 5.82 Å². The number of carbonyl (C=O) groups excluding carboxylic acids is 2. The van der Waals surface area contributed by atoms with Crippen LogP contribution in [0.4, 0.5) is 4.39 Å². The summed E-state index contributed by atoms with van der Waals surface area (Å²) in [5.74, 6) is 0.498. The van der Waals surface area contributed by atoms with E-state index in [4.69, 9.17) is 9.47 Å². The second kappa shape index (κ2) is 12.9. The molecule has 0 aromatic heterocycles. The molecule has 1 atom stereocenters. The van der Waals surface area contributed by atoms with Crippen LogP contribution in [0.25, 0.3) is 0 Å². The van der Waals surface area contributed by atoms with Gasteiger partial charge in [0.2, 0.25) is 11.8 Å². The van der Waals surface area contributed by atoms with Gasteiger partial charge in [0.25, 0.3) is 0 Å². The number of hydrogen-bond acceptors (Lipinski definition) is 4. The molecule has 0 aliphatic carbocycles. The SMILES string of the molecule is CCCNC(=O)C(Cc1ccccc1)N(Cc1ccccc1F)C(=O)CCc1ccc2c(c1)OCCO2. The Bertz CT molecular complexity index is 1200. The highest BCUT2D eigenvalue weighted by atomic mass is 19.1. The normalized spacial score (nSPS) is 13.0. The number of hydrogen-bond donors (Lipinski definition) is 1. The fourth-order valence-electron chi connectivity index (χ4n) is 4.37. The number of rotatable bonds is 11. The Morgan fingerprint density at radius 2 is 1.68 bits per heavy atom. The average Bonchev–Trinajstić information content (AvgIpc) is 2.93. The largest absolute Gasteiger partial charge is 0.486 e. The summed E-state index contributed by atoms with van der Waals surface area (Å²) in [6, 6.07) is 20.8. The zero-order chi connectivity index (χ0) is 26.0. The van der Waals surface area contributed by atoms with E-state index in [0.717, 1.165) is 17.5 Å². The molecular weight excluding hydrogens is 471 g/mol. The molecule has 1 unspecified atom stereocenters. The van der Waals surface area contributed by atoms with Gasteiger partial charge in [-0.15, -0.1) is 0 Å². The van der Waals surface area contributed by atoms with Crippen LogP contribution in [-0.2, 0) is 29.0 Å². The van der Waals surface area contributed by atoms with Crippen molar-refractivity contribution in [3.63, 3.8) is 0 Å². The van der Waals surface area contributed by atoms with Crippen LogP contribution >= 0.6 is 0 Å².